The zero-order valence-corrected chi connectivity index (χ0v) is 10.7. The summed E-state index contributed by atoms with van der Waals surface area (Å²) in [5.41, 5.74) is 2.26. The highest BCUT2D eigenvalue weighted by Crippen LogP contribution is 2.31. The van der Waals surface area contributed by atoms with E-state index in [1.807, 2.05) is 23.1 Å². The molecule has 1 aliphatic heterocycles. The predicted molar refractivity (Wildman–Crippen MR) is 68.5 cm³/mol. The van der Waals surface area contributed by atoms with E-state index in [0.29, 0.717) is 12.3 Å². The van der Waals surface area contributed by atoms with Crippen molar-refractivity contribution >= 4 is 11.6 Å². The fourth-order valence-electron chi connectivity index (χ4n) is 2.22. The van der Waals surface area contributed by atoms with Crippen molar-refractivity contribution in [3.05, 3.63) is 23.8 Å². The molecule has 0 atom stereocenters. The minimum atomic E-state index is 0.226. The van der Waals surface area contributed by atoms with Crippen molar-refractivity contribution in [2.75, 3.05) is 18.6 Å². The molecule has 0 unspecified atom stereocenters. The van der Waals surface area contributed by atoms with Crippen LogP contribution in [0.2, 0.25) is 0 Å². The molecule has 0 spiro atoms. The Labute approximate surface area is 102 Å². The average molecular weight is 233 g/mol. The van der Waals surface area contributed by atoms with E-state index >= 15 is 0 Å². The van der Waals surface area contributed by atoms with E-state index < -0.39 is 0 Å². The van der Waals surface area contributed by atoms with Gasteiger partial charge in [0.15, 0.2) is 0 Å². The first-order valence-corrected chi connectivity index (χ1v) is 6.09. The number of anilines is 1. The summed E-state index contributed by atoms with van der Waals surface area (Å²) < 4.78 is 5.20. The topological polar surface area (TPSA) is 29.5 Å². The maximum atomic E-state index is 12.1. The maximum absolute atomic E-state index is 12.1. The van der Waals surface area contributed by atoms with Crippen molar-refractivity contribution < 1.29 is 9.53 Å². The molecule has 0 saturated carbocycles. The first-order valence-electron chi connectivity index (χ1n) is 6.09. The molecule has 0 bridgehead atoms. The Kier molecular flexibility index (Phi) is 3.36. The number of hydrogen-bond acceptors (Lipinski definition) is 2. The molecule has 0 fully saturated rings. The van der Waals surface area contributed by atoms with Gasteiger partial charge in [-0.15, -0.1) is 0 Å². The second-order valence-electron chi connectivity index (χ2n) is 4.89. The molecule has 1 aromatic rings. The molecular formula is C14H19NO2. The summed E-state index contributed by atoms with van der Waals surface area (Å²) in [4.78, 5) is 14.0. The van der Waals surface area contributed by atoms with Crippen molar-refractivity contribution in [2.45, 2.75) is 26.7 Å². The summed E-state index contributed by atoms with van der Waals surface area (Å²) in [5.74, 6) is 1.50. The number of carbonyl (C=O) groups excluding carboxylic acids is 1. The lowest BCUT2D eigenvalue weighted by molar-refractivity contribution is -0.119. The Morgan fingerprint density at radius 2 is 2.24 bits per heavy atom. The maximum Gasteiger partial charge on any atom is 0.227 e. The van der Waals surface area contributed by atoms with Crippen molar-refractivity contribution in [3.8, 4) is 5.75 Å². The molecule has 3 nitrogen and oxygen atoms in total. The van der Waals surface area contributed by atoms with Crippen LogP contribution in [0.1, 0.15) is 25.8 Å². The summed E-state index contributed by atoms with van der Waals surface area (Å²) in [5, 5.41) is 0. The molecule has 17 heavy (non-hydrogen) atoms. The number of rotatable bonds is 3. The van der Waals surface area contributed by atoms with Gasteiger partial charge in [-0.05, 0) is 36.1 Å². The van der Waals surface area contributed by atoms with Crippen LogP contribution < -0.4 is 9.64 Å². The number of carbonyl (C=O) groups is 1. The number of methoxy groups -OCH3 is 1. The molecule has 1 aliphatic rings. The van der Waals surface area contributed by atoms with Crippen LogP contribution in [0, 0.1) is 5.92 Å². The van der Waals surface area contributed by atoms with Gasteiger partial charge in [0.25, 0.3) is 0 Å². The first kappa shape index (κ1) is 12.0. The Morgan fingerprint density at radius 1 is 1.47 bits per heavy atom. The van der Waals surface area contributed by atoms with E-state index in [9.17, 15) is 4.79 Å². The molecule has 1 heterocycles. The molecule has 3 heteroatoms. The number of ether oxygens (including phenoxy) is 1. The standard InChI is InChI=1S/C14H19NO2/c1-10(2)8-14(16)15-7-6-11-9-12(17-3)4-5-13(11)15/h4-5,9-10H,6-8H2,1-3H3. The quantitative estimate of drug-likeness (QED) is 0.803. The summed E-state index contributed by atoms with van der Waals surface area (Å²) in [6.45, 7) is 4.94. The Balaban J connectivity index is 2.19. The molecule has 0 N–H and O–H groups in total. The van der Waals surface area contributed by atoms with E-state index in [1.54, 1.807) is 7.11 Å². The van der Waals surface area contributed by atoms with Crippen LogP contribution in [0.3, 0.4) is 0 Å². The highest BCUT2D eigenvalue weighted by molar-refractivity contribution is 5.95. The highest BCUT2D eigenvalue weighted by Gasteiger charge is 2.25. The van der Waals surface area contributed by atoms with Gasteiger partial charge in [0, 0.05) is 18.7 Å². The lowest BCUT2D eigenvalue weighted by Gasteiger charge is -2.18. The third kappa shape index (κ3) is 2.43. The van der Waals surface area contributed by atoms with Crippen LogP contribution in [0.15, 0.2) is 18.2 Å². The second-order valence-corrected chi connectivity index (χ2v) is 4.89. The van der Waals surface area contributed by atoms with Gasteiger partial charge < -0.3 is 9.64 Å². The minimum absolute atomic E-state index is 0.226. The van der Waals surface area contributed by atoms with Gasteiger partial charge in [0.1, 0.15) is 5.75 Å². The lowest BCUT2D eigenvalue weighted by atomic mass is 10.1. The van der Waals surface area contributed by atoms with Crippen molar-refractivity contribution in [1.29, 1.82) is 0 Å². The number of fused-ring (bicyclic) bond motifs is 1. The average Bonchev–Trinajstić information content (AvgIpc) is 2.70. The molecule has 92 valence electrons. The number of benzene rings is 1. The largest absolute Gasteiger partial charge is 0.497 e. The fourth-order valence-corrected chi connectivity index (χ4v) is 2.22. The summed E-state index contributed by atoms with van der Waals surface area (Å²) >= 11 is 0. The summed E-state index contributed by atoms with van der Waals surface area (Å²) in [6, 6.07) is 5.93. The van der Waals surface area contributed by atoms with Gasteiger partial charge in [0.2, 0.25) is 5.91 Å². The number of nitrogens with zero attached hydrogens (tertiary/aromatic N) is 1. The van der Waals surface area contributed by atoms with Crippen LogP contribution in [0.5, 0.6) is 5.75 Å². The first-order chi connectivity index (χ1) is 8.11. The summed E-state index contributed by atoms with van der Waals surface area (Å²) in [6.07, 6.45) is 1.54. The van der Waals surface area contributed by atoms with Crippen LogP contribution >= 0.6 is 0 Å². The van der Waals surface area contributed by atoms with Gasteiger partial charge in [-0.2, -0.15) is 0 Å². The van der Waals surface area contributed by atoms with Crippen LogP contribution in [-0.4, -0.2) is 19.6 Å². The van der Waals surface area contributed by atoms with E-state index in [2.05, 4.69) is 13.8 Å². The molecule has 1 aromatic carbocycles. The molecule has 2 rings (SSSR count). The van der Waals surface area contributed by atoms with Crippen LogP contribution in [-0.2, 0) is 11.2 Å². The zero-order chi connectivity index (χ0) is 12.4. The van der Waals surface area contributed by atoms with Gasteiger partial charge >= 0.3 is 0 Å². The van der Waals surface area contributed by atoms with Crippen molar-refractivity contribution in [1.82, 2.24) is 0 Å². The third-order valence-electron chi connectivity index (χ3n) is 3.07. The van der Waals surface area contributed by atoms with Crippen LogP contribution in [0.4, 0.5) is 5.69 Å². The SMILES string of the molecule is COc1ccc2c(c1)CCN2C(=O)CC(C)C. The molecule has 0 saturated heterocycles. The van der Waals surface area contributed by atoms with Gasteiger partial charge in [-0.25, -0.2) is 0 Å². The Bertz CT molecular complexity index is 426. The molecule has 0 aromatic heterocycles. The van der Waals surface area contributed by atoms with E-state index in [-0.39, 0.29) is 5.91 Å². The number of hydrogen-bond donors (Lipinski definition) is 0. The van der Waals surface area contributed by atoms with Crippen molar-refractivity contribution in [2.24, 2.45) is 5.92 Å². The second kappa shape index (κ2) is 4.78. The van der Waals surface area contributed by atoms with Gasteiger partial charge in [-0.3, -0.25) is 4.79 Å². The lowest BCUT2D eigenvalue weighted by Crippen LogP contribution is -2.29. The molecular weight excluding hydrogens is 214 g/mol. The highest BCUT2D eigenvalue weighted by atomic mass is 16.5. The van der Waals surface area contributed by atoms with E-state index in [0.717, 1.165) is 24.4 Å². The Hall–Kier alpha value is -1.51. The summed E-state index contributed by atoms with van der Waals surface area (Å²) in [7, 11) is 1.67. The monoisotopic (exact) mass is 233 g/mol. The van der Waals surface area contributed by atoms with E-state index in [1.165, 1.54) is 5.56 Å². The third-order valence-corrected chi connectivity index (χ3v) is 3.07. The Morgan fingerprint density at radius 3 is 2.88 bits per heavy atom. The molecule has 1 amide bonds. The predicted octanol–water partition coefficient (Wildman–Crippen LogP) is 2.63. The zero-order valence-electron chi connectivity index (χ0n) is 10.7. The van der Waals surface area contributed by atoms with Crippen molar-refractivity contribution in [3.63, 3.8) is 0 Å². The van der Waals surface area contributed by atoms with E-state index in [4.69, 9.17) is 4.74 Å². The smallest absolute Gasteiger partial charge is 0.227 e. The van der Waals surface area contributed by atoms with Gasteiger partial charge in [0.05, 0.1) is 7.11 Å². The number of amides is 1. The minimum Gasteiger partial charge on any atom is -0.497 e. The molecule has 0 aliphatic carbocycles. The van der Waals surface area contributed by atoms with Gasteiger partial charge in [-0.1, -0.05) is 13.8 Å². The van der Waals surface area contributed by atoms with Crippen LogP contribution in [0.25, 0.3) is 0 Å². The normalized spacial score (nSPS) is 14.0. The molecule has 0 radical (unpaired) electrons. The fraction of sp³-hybridized carbons (Fsp3) is 0.500.